The van der Waals surface area contributed by atoms with Gasteiger partial charge in [-0.1, -0.05) is 12.1 Å². The number of aryl methyl sites for hydroxylation is 1. The quantitative estimate of drug-likeness (QED) is 0.748. The number of hydrogen-bond donors (Lipinski definition) is 1. The van der Waals surface area contributed by atoms with Gasteiger partial charge in [0.2, 0.25) is 0 Å². The van der Waals surface area contributed by atoms with Crippen LogP contribution in [0.2, 0.25) is 0 Å². The Hall–Kier alpha value is -1.07. The molecule has 0 saturated heterocycles. The van der Waals surface area contributed by atoms with Crippen LogP contribution in [0.4, 0.5) is 0 Å². The predicted octanol–water partition coefficient (Wildman–Crippen LogP) is 1.26. The summed E-state index contributed by atoms with van der Waals surface area (Å²) < 4.78 is 29.2. The molecule has 0 heterocycles. The van der Waals surface area contributed by atoms with Crippen LogP contribution in [0.5, 0.6) is 5.75 Å². The fourth-order valence-corrected chi connectivity index (χ4v) is 1.40. The first-order chi connectivity index (χ1) is 5.97. The minimum Gasteiger partial charge on any atom is -0.290 e. The molecule has 71 valence electrons. The smallest absolute Gasteiger partial charge is 0.265 e. The van der Waals surface area contributed by atoms with E-state index in [0.29, 0.717) is 0 Å². The van der Waals surface area contributed by atoms with E-state index >= 15 is 0 Å². The van der Waals surface area contributed by atoms with Gasteiger partial charge in [0.1, 0.15) is 0 Å². The highest BCUT2D eigenvalue weighted by Crippen LogP contribution is 2.11. The number of hydrogen-bond acceptors (Lipinski definition) is 2. The van der Waals surface area contributed by atoms with Crippen LogP contribution in [0.3, 0.4) is 0 Å². The largest absolute Gasteiger partial charge is 0.290 e. The Morgan fingerprint density at radius 1 is 1.15 bits per heavy atom. The summed E-state index contributed by atoms with van der Waals surface area (Å²) in [4.78, 5) is 0. The van der Waals surface area contributed by atoms with Crippen molar-refractivity contribution in [1.29, 1.82) is 0 Å². The number of benzene rings is 1. The highest BCUT2D eigenvalue weighted by molar-refractivity contribution is 7.85. The van der Waals surface area contributed by atoms with E-state index < -0.39 is 10.1 Å². The van der Waals surface area contributed by atoms with Gasteiger partial charge in [-0.3, -0.25) is 9.66 Å². The average molecular weight is 201 g/mol. The maximum Gasteiger partial charge on any atom is 0.265 e. The van der Waals surface area contributed by atoms with Gasteiger partial charge in [-0.2, -0.15) is 8.42 Å². The first kappa shape index (κ1) is 10.0. The monoisotopic (exact) mass is 201 g/mol. The molecule has 0 aliphatic rings. The second-order valence-electron chi connectivity index (χ2n) is 2.68. The molecule has 0 bridgehead atoms. The van der Waals surface area contributed by atoms with Crippen LogP contribution in [0.1, 0.15) is 5.56 Å². The van der Waals surface area contributed by atoms with E-state index in [0.717, 1.165) is 5.56 Å². The van der Waals surface area contributed by atoms with E-state index in [1.165, 1.54) is 12.1 Å². The van der Waals surface area contributed by atoms with Crippen molar-refractivity contribution in [3.8, 4) is 5.75 Å². The first-order valence-corrected chi connectivity index (χ1v) is 5.29. The summed E-state index contributed by atoms with van der Waals surface area (Å²) in [5.41, 5.74) is 0.720. The summed E-state index contributed by atoms with van der Waals surface area (Å²) in [5.74, 6) is -0.429. The van der Waals surface area contributed by atoms with Crippen LogP contribution < -0.4 is 0 Å². The minimum atomic E-state index is -3.91. The molecule has 0 aliphatic carbocycles. The molecule has 0 amide bonds. The first-order valence-electron chi connectivity index (χ1n) is 3.68. The topological polar surface area (TPSA) is 74.3 Å². The molecule has 1 N–H and O–H groups in total. The van der Waals surface area contributed by atoms with Crippen LogP contribution in [0.15, 0.2) is 24.3 Å². The molecule has 1 aromatic carbocycles. The predicted molar refractivity (Wildman–Crippen MR) is 46.7 cm³/mol. The lowest BCUT2D eigenvalue weighted by molar-refractivity contribution is 0.355. The van der Waals surface area contributed by atoms with Gasteiger partial charge in [-0.05, 0) is 24.1 Å². The normalized spacial score (nSPS) is 11.5. The molecular weight excluding hydrogens is 192 g/mol. The SMILES string of the molecule is [O]c1ccc(CCS(=O)(=O)O)cc1. The fraction of sp³-hybridized carbons (Fsp3) is 0.250. The van der Waals surface area contributed by atoms with Gasteiger partial charge >= 0.3 is 0 Å². The van der Waals surface area contributed by atoms with Crippen molar-refractivity contribution >= 4 is 10.1 Å². The third kappa shape index (κ3) is 3.91. The molecule has 1 radical (unpaired) electrons. The maximum absolute atomic E-state index is 10.7. The lowest BCUT2D eigenvalue weighted by Gasteiger charge is -1.98. The van der Waals surface area contributed by atoms with Gasteiger partial charge in [0.05, 0.1) is 5.75 Å². The van der Waals surface area contributed by atoms with Gasteiger partial charge in [0.15, 0.2) is 5.75 Å². The lowest BCUT2D eigenvalue weighted by atomic mass is 10.2. The summed E-state index contributed by atoms with van der Waals surface area (Å²) in [7, 11) is -3.91. The summed E-state index contributed by atoms with van der Waals surface area (Å²) in [5, 5.41) is 10.7. The lowest BCUT2D eigenvalue weighted by Crippen LogP contribution is -2.06. The van der Waals surface area contributed by atoms with Crippen LogP contribution in [0, 0.1) is 0 Å². The summed E-state index contributed by atoms with van der Waals surface area (Å²) in [6.07, 6.45) is 0.221. The summed E-state index contributed by atoms with van der Waals surface area (Å²) in [6.45, 7) is 0. The van der Waals surface area contributed by atoms with Crippen molar-refractivity contribution in [2.45, 2.75) is 6.42 Å². The average Bonchev–Trinajstić information content (AvgIpc) is 2.02. The minimum absolute atomic E-state index is 0.115. The van der Waals surface area contributed by atoms with Gasteiger partial charge in [0, 0.05) is 0 Å². The van der Waals surface area contributed by atoms with Crippen LogP contribution >= 0.6 is 0 Å². The summed E-state index contributed by atoms with van der Waals surface area (Å²) in [6, 6.07) is 5.82. The maximum atomic E-state index is 10.7. The van der Waals surface area contributed by atoms with E-state index in [4.69, 9.17) is 4.55 Å². The third-order valence-corrected chi connectivity index (χ3v) is 2.29. The number of rotatable bonds is 3. The van der Waals surface area contributed by atoms with Crippen molar-refractivity contribution < 1.29 is 18.1 Å². The Balaban J connectivity index is 2.61. The summed E-state index contributed by atoms with van der Waals surface area (Å²) >= 11 is 0. The molecule has 1 aromatic rings. The molecular formula is C8H9O4S. The van der Waals surface area contributed by atoms with Crippen molar-refractivity contribution in [1.82, 2.24) is 0 Å². The highest BCUT2D eigenvalue weighted by Gasteiger charge is 2.04. The van der Waals surface area contributed by atoms with E-state index in [2.05, 4.69) is 0 Å². The standard InChI is InChI=1S/C8H9O4S/c9-8-3-1-7(2-4-8)5-6-13(10,11)12/h1-4H,5-6H2,(H,10,11,12). The van der Waals surface area contributed by atoms with E-state index in [1.807, 2.05) is 0 Å². The molecule has 13 heavy (non-hydrogen) atoms. The van der Waals surface area contributed by atoms with Gasteiger partial charge < -0.3 is 0 Å². The van der Waals surface area contributed by atoms with Crippen molar-refractivity contribution in [3.63, 3.8) is 0 Å². The van der Waals surface area contributed by atoms with E-state index in [1.54, 1.807) is 12.1 Å². The van der Waals surface area contributed by atoms with Gasteiger partial charge in [0.25, 0.3) is 10.1 Å². The third-order valence-electron chi connectivity index (χ3n) is 1.57. The zero-order chi connectivity index (χ0) is 9.90. The van der Waals surface area contributed by atoms with Crippen molar-refractivity contribution in [3.05, 3.63) is 29.8 Å². The Bertz CT molecular complexity index is 366. The van der Waals surface area contributed by atoms with Crippen LogP contribution in [-0.2, 0) is 21.6 Å². The van der Waals surface area contributed by atoms with Crippen molar-refractivity contribution in [2.75, 3.05) is 5.75 Å². The van der Waals surface area contributed by atoms with Crippen LogP contribution in [-0.4, -0.2) is 18.7 Å². The molecule has 0 fully saturated rings. The van der Waals surface area contributed by atoms with Gasteiger partial charge in [-0.15, -0.1) is 0 Å². The second kappa shape index (κ2) is 3.76. The Morgan fingerprint density at radius 3 is 2.15 bits per heavy atom. The molecule has 4 nitrogen and oxygen atoms in total. The van der Waals surface area contributed by atoms with E-state index in [9.17, 15) is 13.5 Å². The molecule has 0 spiro atoms. The zero-order valence-corrected chi connectivity index (χ0v) is 7.62. The Labute approximate surface area is 76.6 Å². The molecule has 5 heteroatoms. The molecule has 0 atom stereocenters. The molecule has 1 rings (SSSR count). The van der Waals surface area contributed by atoms with E-state index in [-0.39, 0.29) is 17.9 Å². The van der Waals surface area contributed by atoms with Gasteiger partial charge in [-0.25, -0.2) is 0 Å². The van der Waals surface area contributed by atoms with Crippen LogP contribution in [0.25, 0.3) is 0 Å². The molecule has 0 aliphatic heterocycles. The highest BCUT2D eigenvalue weighted by atomic mass is 32.2. The fourth-order valence-electron chi connectivity index (χ4n) is 0.903. The Kier molecular flexibility index (Phi) is 2.90. The Morgan fingerprint density at radius 2 is 1.69 bits per heavy atom. The molecule has 0 unspecified atom stereocenters. The second-order valence-corrected chi connectivity index (χ2v) is 4.25. The van der Waals surface area contributed by atoms with Crippen molar-refractivity contribution in [2.24, 2.45) is 0 Å². The molecule has 0 saturated carbocycles. The zero-order valence-electron chi connectivity index (χ0n) is 6.80. The molecule has 0 aromatic heterocycles.